The molecule has 126 valence electrons. The summed E-state index contributed by atoms with van der Waals surface area (Å²) in [7, 11) is 0. The van der Waals surface area contributed by atoms with Gasteiger partial charge in [-0.1, -0.05) is 12.5 Å². The number of rotatable bonds is 4. The molecule has 2 unspecified atom stereocenters. The maximum absolute atomic E-state index is 12.4. The predicted molar refractivity (Wildman–Crippen MR) is 88.4 cm³/mol. The van der Waals surface area contributed by atoms with Crippen LogP contribution in [0.3, 0.4) is 0 Å². The summed E-state index contributed by atoms with van der Waals surface area (Å²) < 4.78 is 5.38. The van der Waals surface area contributed by atoms with Gasteiger partial charge in [-0.15, -0.1) is 0 Å². The number of carboxylic acids is 1. The molecule has 1 heterocycles. The quantitative estimate of drug-likeness (QED) is 0.896. The van der Waals surface area contributed by atoms with Crippen molar-refractivity contribution in [3.8, 4) is 11.5 Å². The molecular formula is C18H20N2O4. The average molecular weight is 328 g/mol. The van der Waals surface area contributed by atoms with Gasteiger partial charge in [0.1, 0.15) is 6.26 Å². The number of aromatic nitrogens is 1. The number of carboxylic acid groups (broad SMARTS) is 1. The maximum atomic E-state index is 12.4. The van der Waals surface area contributed by atoms with E-state index in [9.17, 15) is 9.59 Å². The number of anilines is 1. The fourth-order valence-corrected chi connectivity index (χ4v) is 3.11. The smallest absolute Gasteiger partial charge is 0.306 e. The molecule has 1 amide bonds. The monoisotopic (exact) mass is 328 g/mol. The van der Waals surface area contributed by atoms with E-state index in [-0.39, 0.29) is 11.8 Å². The molecule has 6 heteroatoms. The number of aliphatic carboxylic acids is 1. The van der Waals surface area contributed by atoms with Gasteiger partial charge in [0.05, 0.1) is 11.6 Å². The van der Waals surface area contributed by atoms with Crippen molar-refractivity contribution in [1.82, 2.24) is 4.98 Å². The Kier molecular flexibility index (Phi) is 4.64. The first-order chi connectivity index (χ1) is 11.5. The third kappa shape index (κ3) is 3.64. The van der Waals surface area contributed by atoms with Gasteiger partial charge in [-0.05, 0) is 44.4 Å². The molecule has 1 aromatic heterocycles. The number of oxazole rings is 1. The lowest BCUT2D eigenvalue weighted by molar-refractivity contribution is -0.143. The third-order valence-electron chi connectivity index (χ3n) is 4.39. The van der Waals surface area contributed by atoms with Crippen molar-refractivity contribution < 1.29 is 19.1 Å². The normalized spacial score (nSPS) is 20.5. The molecule has 1 saturated carbocycles. The molecule has 0 saturated heterocycles. The Labute approximate surface area is 139 Å². The molecule has 1 aromatic carbocycles. The molecule has 24 heavy (non-hydrogen) atoms. The van der Waals surface area contributed by atoms with E-state index in [0.29, 0.717) is 24.4 Å². The fourth-order valence-electron chi connectivity index (χ4n) is 3.11. The van der Waals surface area contributed by atoms with Crippen LogP contribution in [0.2, 0.25) is 0 Å². The first kappa shape index (κ1) is 16.2. The largest absolute Gasteiger partial charge is 0.481 e. The minimum Gasteiger partial charge on any atom is -0.481 e. The molecule has 0 bridgehead atoms. The minimum absolute atomic E-state index is 0.123. The number of nitrogens with one attached hydrogen (secondary N) is 1. The Morgan fingerprint density at radius 2 is 2.08 bits per heavy atom. The number of carbonyl (C=O) groups is 2. The van der Waals surface area contributed by atoms with Gasteiger partial charge in [0.2, 0.25) is 11.8 Å². The van der Waals surface area contributed by atoms with E-state index in [1.54, 1.807) is 18.4 Å². The van der Waals surface area contributed by atoms with Crippen LogP contribution in [0.1, 0.15) is 31.4 Å². The number of aryl methyl sites for hydroxylation is 1. The van der Waals surface area contributed by atoms with Crippen LogP contribution in [0.5, 0.6) is 0 Å². The number of hydrogen-bond donors (Lipinski definition) is 2. The number of hydrogen-bond acceptors (Lipinski definition) is 4. The van der Waals surface area contributed by atoms with Gasteiger partial charge in [-0.3, -0.25) is 9.59 Å². The van der Waals surface area contributed by atoms with Gasteiger partial charge in [-0.25, -0.2) is 4.98 Å². The zero-order valence-corrected chi connectivity index (χ0v) is 13.5. The van der Waals surface area contributed by atoms with Crippen LogP contribution < -0.4 is 5.32 Å². The van der Waals surface area contributed by atoms with Gasteiger partial charge in [-0.2, -0.15) is 0 Å². The summed E-state index contributed by atoms with van der Waals surface area (Å²) in [4.78, 5) is 27.9. The summed E-state index contributed by atoms with van der Waals surface area (Å²) in [5.74, 6) is -1.11. The number of amides is 1. The first-order valence-electron chi connectivity index (χ1n) is 8.09. The SMILES string of the molecule is Cc1coc(-c2cccc(NC(=O)C3CCCC(C(=O)O)C3)c2)n1. The lowest BCUT2D eigenvalue weighted by Crippen LogP contribution is -2.30. The van der Waals surface area contributed by atoms with Crippen molar-refractivity contribution in [2.24, 2.45) is 11.8 Å². The van der Waals surface area contributed by atoms with Crippen LogP contribution in [0, 0.1) is 18.8 Å². The van der Waals surface area contributed by atoms with Crippen LogP contribution in [0.15, 0.2) is 34.9 Å². The summed E-state index contributed by atoms with van der Waals surface area (Å²) >= 11 is 0. The average Bonchev–Trinajstić information content (AvgIpc) is 3.02. The van der Waals surface area contributed by atoms with E-state index in [2.05, 4.69) is 10.3 Å². The summed E-state index contributed by atoms with van der Waals surface area (Å²) in [5.41, 5.74) is 2.24. The number of carbonyl (C=O) groups excluding carboxylic acids is 1. The highest BCUT2D eigenvalue weighted by Gasteiger charge is 2.31. The minimum atomic E-state index is -0.811. The molecule has 1 aliphatic carbocycles. The molecule has 0 aliphatic heterocycles. The number of benzene rings is 1. The van der Waals surface area contributed by atoms with Crippen LogP contribution in [-0.4, -0.2) is 22.0 Å². The highest BCUT2D eigenvalue weighted by molar-refractivity contribution is 5.93. The second-order valence-electron chi connectivity index (χ2n) is 6.26. The van der Waals surface area contributed by atoms with Gasteiger partial charge < -0.3 is 14.8 Å². The van der Waals surface area contributed by atoms with Crippen LogP contribution in [0.4, 0.5) is 5.69 Å². The molecule has 2 atom stereocenters. The Balaban J connectivity index is 1.69. The van der Waals surface area contributed by atoms with Gasteiger partial charge in [0.25, 0.3) is 0 Å². The second-order valence-corrected chi connectivity index (χ2v) is 6.26. The van der Waals surface area contributed by atoms with Crippen molar-refractivity contribution >= 4 is 17.6 Å². The predicted octanol–water partition coefficient (Wildman–Crippen LogP) is 3.48. The zero-order valence-electron chi connectivity index (χ0n) is 13.5. The van der Waals surface area contributed by atoms with Gasteiger partial charge in [0, 0.05) is 17.2 Å². The lowest BCUT2D eigenvalue weighted by atomic mass is 9.81. The molecule has 0 radical (unpaired) electrons. The zero-order chi connectivity index (χ0) is 17.1. The standard InChI is InChI=1S/C18H20N2O4/c1-11-10-24-17(19-11)13-5-3-7-15(9-13)20-16(21)12-4-2-6-14(8-12)18(22)23/h3,5,7,9-10,12,14H,2,4,6,8H2,1H3,(H,20,21)(H,22,23). The van der Waals surface area contributed by atoms with E-state index in [4.69, 9.17) is 9.52 Å². The first-order valence-corrected chi connectivity index (χ1v) is 8.09. The second kappa shape index (κ2) is 6.86. The fraction of sp³-hybridized carbons (Fsp3) is 0.389. The van der Waals surface area contributed by atoms with Crippen molar-refractivity contribution in [1.29, 1.82) is 0 Å². The summed E-state index contributed by atoms with van der Waals surface area (Å²) in [5, 5.41) is 12.0. The number of nitrogens with zero attached hydrogens (tertiary/aromatic N) is 1. The van der Waals surface area contributed by atoms with E-state index >= 15 is 0 Å². The van der Waals surface area contributed by atoms with E-state index in [1.807, 2.05) is 19.1 Å². The Hall–Kier alpha value is -2.63. The summed E-state index contributed by atoms with van der Waals surface area (Å²) in [6, 6.07) is 7.29. The highest BCUT2D eigenvalue weighted by atomic mass is 16.4. The van der Waals surface area contributed by atoms with Crippen molar-refractivity contribution in [2.45, 2.75) is 32.6 Å². The molecule has 0 spiro atoms. The third-order valence-corrected chi connectivity index (χ3v) is 4.39. The van der Waals surface area contributed by atoms with Crippen molar-refractivity contribution in [2.75, 3.05) is 5.32 Å². The van der Waals surface area contributed by atoms with Crippen LogP contribution >= 0.6 is 0 Å². The molecule has 6 nitrogen and oxygen atoms in total. The Bertz CT molecular complexity index is 753. The molecular weight excluding hydrogens is 308 g/mol. The molecule has 1 aliphatic rings. The summed E-state index contributed by atoms with van der Waals surface area (Å²) in [6.07, 6.45) is 4.13. The van der Waals surface area contributed by atoms with E-state index in [0.717, 1.165) is 24.1 Å². The Morgan fingerprint density at radius 3 is 2.79 bits per heavy atom. The van der Waals surface area contributed by atoms with Gasteiger partial charge in [0.15, 0.2) is 0 Å². The van der Waals surface area contributed by atoms with E-state index < -0.39 is 11.9 Å². The van der Waals surface area contributed by atoms with Crippen molar-refractivity contribution in [3.05, 3.63) is 36.2 Å². The Morgan fingerprint density at radius 1 is 1.29 bits per heavy atom. The molecule has 3 rings (SSSR count). The van der Waals surface area contributed by atoms with Gasteiger partial charge >= 0.3 is 5.97 Å². The molecule has 2 N–H and O–H groups in total. The maximum Gasteiger partial charge on any atom is 0.306 e. The topological polar surface area (TPSA) is 92.4 Å². The lowest BCUT2D eigenvalue weighted by Gasteiger charge is -2.25. The van der Waals surface area contributed by atoms with Crippen LogP contribution in [-0.2, 0) is 9.59 Å². The molecule has 2 aromatic rings. The summed E-state index contributed by atoms with van der Waals surface area (Å²) in [6.45, 7) is 1.85. The highest BCUT2D eigenvalue weighted by Crippen LogP contribution is 2.30. The van der Waals surface area contributed by atoms with E-state index in [1.165, 1.54) is 0 Å². The van der Waals surface area contributed by atoms with Crippen LogP contribution in [0.25, 0.3) is 11.5 Å². The van der Waals surface area contributed by atoms with Crippen molar-refractivity contribution in [3.63, 3.8) is 0 Å². The molecule has 1 fully saturated rings.